The summed E-state index contributed by atoms with van der Waals surface area (Å²) in [5, 5.41) is 0. The van der Waals surface area contributed by atoms with Gasteiger partial charge in [-0.05, 0) is 26.2 Å². The normalized spacial score (nSPS) is 17.8. The molecule has 3 heteroatoms. The Kier molecular flexibility index (Phi) is 8.01. The third-order valence-electron chi connectivity index (χ3n) is 2.37. The van der Waals surface area contributed by atoms with E-state index in [4.69, 9.17) is 0 Å². The Morgan fingerprint density at radius 2 is 1.57 bits per heavy atom. The Morgan fingerprint density at radius 1 is 0.929 bits per heavy atom. The van der Waals surface area contributed by atoms with Crippen molar-refractivity contribution in [2.24, 2.45) is 0 Å². The second-order valence-electron chi connectivity index (χ2n) is 3.86. The van der Waals surface area contributed by atoms with E-state index in [0.717, 1.165) is 19.3 Å². The van der Waals surface area contributed by atoms with Gasteiger partial charge in [-0.1, -0.05) is 26.2 Å². The minimum Gasteiger partial charge on any atom is -0.247 e. The van der Waals surface area contributed by atoms with Crippen molar-refractivity contribution in [1.29, 1.82) is 0 Å². The van der Waals surface area contributed by atoms with Crippen LogP contribution in [0.2, 0.25) is 0 Å². The topological polar surface area (TPSA) is 0 Å². The van der Waals surface area contributed by atoms with Crippen LogP contribution < -0.4 is 0 Å². The Bertz CT molecular complexity index is 126. The summed E-state index contributed by atoms with van der Waals surface area (Å²) in [6, 6.07) is 0. The zero-order valence-corrected chi connectivity index (χ0v) is 9.11. The van der Waals surface area contributed by atoms with Crippen LogP contribution in [0.3, 0.4) is 0 Å². The van der Waals surface area contributed by atoms with E-state index in [1.54, 1.807) is 0 Å². The number of alkyl halides is 3. The molecule has 3 atom stereocenters. The zero-order valence-electron chi connectivity index (χ0n) is 9.11. The molecule has 0 aromatic heterocycles. The first-order valence-corrected chi connectivity index (χ1v) is 5.50. The van der Waals surface area contributed by atoms with Gasteiger partial charge in [0, 0.05) is 0 Å². The van der Waals surface area contributed by atoms with Crippen LogP contribution >= 0.6 is 0 Å². The van der Waals surface area contributed by atoms with Gasteiger partial charge in [-0.25, -0.2) is 13.2 Å². The van der Waals surface area contributed by atoms with E-state index in [1.165, 1.54) is 6.92 Å². The summed E-state index contributed by atoms with van der Waals surface area (Å²) in [6.45, 7) is 3.23. The molecule has 0 bridgehead atoms. The summed E-state index contributed by atoms with van der Waals surface area (Å²) in [7, 11) is 0. The molecule has 0 aliphatic heterocycles. The van der Waals surface area contributed by atoms with Gasteiger partial charge in [-0.15, -0.1) is 0 Å². The molecule has 0 aliphatic rings. The van der Waals surface area contributed by atoms with Crippen LogP contribution in [0.1, 0.15) is 52.4 Å². The highest BCUT2D eigenvalue weighted by Crippen LogP contribution is 2.16. The first-order chi connectivity index (χ1) is 6.57. The molecular formula is C11H21F3. The van der Waals surface area contributed by atoms with E-state index in [1.807, 2.05) is 0 Å². The van der Waals surface area contributed by atoms with Gasteiger partial charge < -0.3 is 0 Å². The number of hydrogen-bond acceptors (Lipinski definition) is 0. The van der Waals surface area contributed by atoms with Crippen molar-refractivity contribution in [3.63, 3.8) is 0 Å². The molecule has 3 unspecified atom stereocenters. The van der Waals surface area contributed by atoms with E-state index < -0.39 is 18.5 Å². The van der Waals surface area contributed by atoms with E-state index in [9.17, 15) is 13.2 Å². The molecule has 0 aliphatic carbocycles. The summed E-state index contributed by atoms with van der Waals surface area (Å²) in [5.74, 6) is 0. The second kappa shape index (κ2) is 8.13. The van der Waals surface area contributed by atoms with Gasteiger partial charge in [-0.3, -0.25) is 0 Å². The highest BCUT2D eigenvalue weighted by molar-refractivity contribution is 4.66. The number of hydrogen-bond donors (Lipinski definition) is 0. The second-order valence-corrected chi connectivity index (χ2v) is 3.86. The van der Waals surface area contributed by atoms with Crippen molar-refractivity contribution >= 4 is 0 Å². The van der Waals surface area contributed by atoms with Crippen molar-refractivity contribution in [1.82, 2.24) is 0 Å². The molecule has 0 amide bonds. The average molecular weight is 210 g/mol. The Morgan fingerprint density at radius 3 is 2.07 bits per heavy atom. The Labute approximate surface area is 84.9 Å². The predicted octanol–water partition coefficient (Wildman–Crippen LogP) is 4.38. The standard InChI is InChI=1S/C11H21F3/c1-3-4-5-6-10(13)7-8-11(14)9(2)12/h9-11H,3-8H2,1-2H3. The van der Waals surface area contributed by atoms with Gasteiger partial charge in [0.15, 0.2) is 0 Å². The van der Waals surface area contributed by atoms with Gasteiger partial charge in [0.1, 0.15) is 18.5 Å². The van der Waals surface area contributed by atoms with Crippen LogP contribution in [0, 0.1) is 0 Å². The molecular weight excluding hydrogens is 189 g/mol. The van der Waals surface area contributed by atoms with Crippen LogP contribution in [0.25, 0.3) is 0 Å². The van der Waals surface area contributed by atoms with Gasteiger partial charge in [0.2, 0.25) is 0 Å². The fraction of sp³-hybridized carbons (Fsp3) is 1.00. The third kappa shape index (κ3) is 7.22. The molecule has 14 heavy (non-hydrogen) atoms. The van der Waals surface area contributed by atoms with Gasteiger partial charge in [-0.2, -0.15) is 0 Å². The molecule has 0 aromatic carbocycles. The Hall–Kier alpha value is -0.210. The summed E-state index contributed by atoms with van der Waals surface area (Å²) in [6.07, 6.45) is -0.375. The van der Waals surface area contributed by atoms with Crippen molar-refractivity contribution < 1.29 is 13.2 Å². The summed E-state index contributed by atoms with van der Waals surface area (Å²) >= 11 is 0. The fourth-order valence-corrected chi connectivity index (χ4v) is 1.33. The number of rotatable bonds is 8. The highest BCUT2D eigenvalue weighted by Gasteiger charge is 2.17. The lowest BCUT2D eigenvalue weighted by atomic mass is 10.0. The van der Waals surface area contributed by atoms with Crippen molar-refractivity contribution in [2.75, 3.05) is 0 Å². The summed E-state index contributed by atoms with van der Waals surface area (Å²) in [5.41, 5.74) is 0. The monoisotopic (exact) mass is 210 g/mol. The van der Waals surface area contributed by atoms with Gasteiger partial charge in [0.05, 0.1) is 0 Å². The summed E-state index contributed by atoms with van der Waals surface area (Å²) < 4.78 is 38.1. The van der Waals surface area contributed by atoms with Gasteiger partial charge >= 0.3 is 0 Å². The summed E-state index contributed by atoms with van der Waals surface area (Å²) in [4.78, 5) is 0. The van der Waals surface area contributed by atoms with E-state index in [0.29, 0.717) is 6.42 Å². The molecule has 0 spiro atoms. The lowest BCUT2D eigenvalue weighted by Gasteiger charge is -2.11. The molecule has 0 aromatic rings. The first kappa shape index (κ1) is 13.8. The van der Waals surface area contributed by atoms with Crippen molar-refractivity contribution in [2.45, 2.75) is 70.9 Å². The lowest BCUT2D eigenvalue weighted by Crippen LogP contribution is -2.15. The molecule has 0 heterocycles. The van der Waals surface area contributed by atoms with Crippen molar-refractivity contribution in [3.8, 4) is 0 Å². The molecule has 0 fully saturated rings. The van der Waals surface area contributed by atoms with E-state index in [2.05, 4.69) is 6.92 Å². The van der Waals surface area contributed by atoms with E-state index in [-0.39, 0.29) is 12.8 Å². The van der Waals surface area contributed by atoms with Crippen LogP contribution in [-0.2, 0) is 0 Å². The average Bonchev–Trinajstić information content (AvgIpc) is 2.14. The van der Waals surface area contributed by atoms with Crippen LogP contribution in [-0.4, -0.2) is 18.5 Å². The van der Waals surface area contributed by atoms with Crippen LogP contribution in [0.4, 0.5) is 13.2 Å². The number of unbranched alkanes of at least 4 members (excludes halogenated alkanes) is 2. The fourth-order valence-electron chi connectivity index (χ4n) is 1.33. The van der Waals surface area contributed by atoms with Crippen LogP contribution in [0.5, 0.6) is 0 Å². The maximum Gasteiger partial charge on any atom is 0.131 e. The molecule has 0 radical (unpaired) electrons. The lowest BCUT2D eigenvalue weighted by molar-refractivity contribution is 0.154. The minimum atomic E-state index is -1.50. The predicted molar refractivity (Wildman–Crippen MR) is 53.7 cm³/mol. The molecule has 0 saturated carbocycles. The molecule has 0 saturated heterocycles. The molecule has 0 rings (SSSR count). The van der Waals surface area contributed by atoms with Gasteiger partial charge in [0.25, 0.3) is 0 Å². The SMILES string of the molecule is CCCCCC(F)CCC(F)C(C)F. The first-order valence-electron chi connectivity index (χ1n) is 5.50. The van der Waals surface area contributed by atoms with Crippen molar-refractivity contribution in [3.05, 3.63) is 0 Å². The number of halogens is 3. The zero-order chi connectivity index (χ0) is 11.0. The Balaban J connectivity index is 3.38. The smallest absolute Gasteiger partial charge is 0.131 e. The van der Waals surface area contributed by atoms with Crippen LogP contribution in [0.15, 0.2) is 0 Å². The minimum absolute atomic E-state index is 0.00492. The maximum absolute atomic E-state index is 13.1. The largest absolute Gasteiger partial charge is 0.247 e. The third-order valence-corrected chi connectivity index (χ3v) is 2.37. The molecule has 86 valence electrons. The molecule has 0 nitrogen and oxygen atoms in total. The highest BCUT2D eigenvalue weighted by atomic mass is 19.2. The molecule has 0 N–H and O–H groups in total. The maximum atomic E-state index is 13.1. The van der Waals surface area contributed by atoms with E-state index >= 15 is 0 Å². The quantitative estimate of drug-likeness (QED) is 0.521.